The third-order valence-corrected chi connectivity index (χ3v) is 5.29. The third kappa shape index (κ3) is 3.49. The van der Waals surface area contributed by atoms with Crippen LogP contribution < -0.4 is 4.72 Å². The zero-order valence-electron chi connectivity index (χ0n) is 10.9. The van der Waals surface area contributed by atoms with E-state index in [0.717, 1.165) is 25.3 Å². The number of rotatable bonds is 4. The Morgan fingerprint density at radius 2 is 1.95 bits per heavy atom. The number of nitrogens with one attached hydrogen (secondary N) is 1. The quantitative estimate of drug-likeness (QED) is 0.895. The molecule has 0 bridgehead atoms. The molecule has 1 aliphatic carbocycles. The molecule has 0 spiro atoms. The van der Waals surface area contributed by atoms with Crippen molar-refractivity contribution < 1.29 is 17.9 Å². The van der Waals surface area contributed by atoms with E-state index in [9.17, 15) is 17.9 Å². The molecule has 0 radical (unpaired) electrons. The molecule has 0 saturated heterocycles. The van der Waals surface area contributed by atoms with Gasteiger partial charge < -0.3 is 5.11 Å². The average molecular weight is 322 g/mol. The molecule has 1 aliphatic rings. The molecule has 0 atom stereocenters. The maximum absolute atomic E-state index is 13.7. The fourth-order valence-electron chi connectivity index (χ4n) is 2.39. The van der Waals surface area contributed by atoms with Gasteiger partial charge in [-0.05, 0) is 25.0 Å². The summed E-state index contributed by atoms with van der Waals surface area (Å²) in [5.41, 5.74) is -1.04. The average Bonchev–Trinajstić information content (AvgIpc) is 2.41. The first-order valence-corrected chi connectivity index (χ1v) is 8.36. The first-order valence-electron chi connectivity index (χ1n) is 6.50. The van der Waals surface area contributed by atoms with Gasteiger partial charge in [0.05, 0.1) is 10.6 Å². The van der Waals surface area contributed by atoms with Crippen LogP contribution in [0.5, 0.6) is 0 Å². The predicted molar refractivity (Wildman–Crippen MR) is 74.6 cm³/mol. The molecular formula is C13H17ClFNO3S. The molecule has 1 saturated carbocycles. The van der Waals surface area contributed by atoms with Gasteiger partial charge in [0.15, 0.2) is 5.82 Å². The van der Waals surface area contributed by atoms with E-state index in [1.54, 1.807) is 0 Å². The smallest absolute Gasteiger partial charge is 0.243 e. The number of hydrogen-bond donors (Lipinski definition) is 2. The summed E-state index contributed by atoms with van der Waals surface area (Å²) in [6.45, 7) is -0.110. The second-order valence-corrected chi connectivity index (χ2v) is 7.30. The number of benzene rings is 1. The van der Waals surface area contributed by atoms with Gasteiger partial charge in [0, 0.05) is 6.54 Å². The summed E-state index contributed by atoms with van der Waals surface area (Å²) in [5.74, 6) is -0.975. The molecule has 2 N–H and O–H groups in total. The van der Waals surface area contributed by atoms with Crippen LogP contribution in [0, 0.1) is 5.82 Å². The minimum Gasteiger partial charge on any atom is -0.389 e. The van der Waals surface area contributed by atoms with Crippen molar-refractivity contribution in [3.05, 3.63) is 29.0 Å². The van der Waals surface area contributed by atoms with E-state index in [0.29, 0.717) is 12.8 Å². The first kappa shape index (κ1) is 15.7. The maximum Gasteiger partial charge on any atom is 0.243 e. The Kier molecular flexibility index (Phi) is 4.69. The molecule has 1 aromatic rings. The van der Waals surface area contributed by atoms with E-state index in [-0.39, 0.29) is 11.6 Å². The van der Waals surface area contributed by atoms with Gasteiger partial charge in [-0.3, -0.25) is 0 Å². The number of halogens is 2. The zero-order valence-corrected chi connectivity index (χ0v) is 12.5. The molecule has 0 aliphatic heterocycles. The third-order valence-electron chi connectivity index (χ3n) is 3.58. The van der Waals surface area contributed by atoms with Crippen molar-refractivity contribution in [1.29, 1.82) is 0 Å². The normalized spacial score (nSPS) is 18.9. The van der Waals surface area contributed by atoms with Crippen molar-refractivity contribution >= 4 is 21.6 Å². The lowest BCUT2D eigenvalue weighted by atomic mass is 9.85. The van der Waals surface area contributed by atoms with Crippen molar-refractivity contribution in [3.8, 4) is 0 Å². The van der Waals surface area contributed by atoms with Crippen molar-refractivity contribution in [2.45, 2.75) is 42.6 Å². The predicted octanol–water partition coefficient (Wildman–Crippen LogP) is 2.45. The summed E-state index contributed by atoms with van der Waals surface area (Å²) in [6, 6.07) is 3.80. The van der Waals surface area contributed by atoms with Crippen LogP contribution >= 0.6 is 11.6 Å². The van der Waals surface area contributed by atoms with E-state index in [1.807, 2.05) is 0 Å². The second-order valence-electron chi connectivity index (χ2n) is 5.16. The highest BCUT2D eigenvalue weighted by Crippen LogP contribution is 2.28. The molecule has 1 aromatic carbocycles. The maximum atomic E-state index is 13.7. The van der Waals surface area contributed by atoms with Crippen molar-refractivity contribution in [2.24, 2.45) is 0 Å². The molecule has 2 rings (SSSR count). The Balaban J connectivity index is 2.13. The number of sulfonamides is 1. The van der Waals surface area contributed by atoms with Crippen LogP contribution in [0.25, 0.3) is 0 Å². The van der Waals surface area contributed by atoms with Gasteiger partial charge in [-0.25, -0.2) is 17.5 Å². The molecule has 0 unspecified atom stereocenters. The minimum absolute atomic E-state index is 0.110. The molecule has 1 fully saturated rings. The molecular weight excluding hydrogens is 305 g/mol. The van der Waals surface area contributed by atoms with Gasteiger partial charge >= 0.3 is 0 Å². The lowest BCUT2D eigenvalue weighted by Crippen LogP contribution is -2.44. The summed E-state index contributed by atoms with van der Waals surface area (Å²) < 4.78 is 40.2. The summed E-state index contributed by atoms with van der Waals surface area (Å²) in [6.07, 6.45) is 3.87. The standard InChI is InChI=1S/C13H17ClFNO3S/c14-10-5-4-6-11(12(10)15)20(18,19)16-9-13(17)7-2-1-3-8-13/h4-6,16-17H,1-3,7-9H2. The number of aliphatic hydroxyl groups is 1. The lowest BCUT2D eigenvalue weighted by molar-refractivity contribution is 0.00944. The van der Waals surface area contributed by atoms with Crippen LogP contribution in [0.3, 0.4) is 0 Å². The Morgan fingerprint density at radius 3 is 2.60 bits per heavy atom. The second kappa shape index (κ2) is 5.97. The van der Waals surface area contributed by atoms with Crippen LogP contribution in [0.15, 0.2) is 23.1 Å². The lowest BCUT2D eigenvalue weighted by Gasteiger charge is -2.32. The largest absolute Gasteiger partial charge is 0.389 e. The molecule has 0 heterocycles. The van der Waals surface area contributed by atoms with Crippen LogP contribution in [0.4, 0.5) is 4.39 Å². The fraction of sp³-hybridized carbons (Fsp3) is 0.538. The van der Waals surface area contributed by atoms with Gasteiger partial charge in [0.2, 0.25) is 10.0 Å². The van der Waals surface area contributed by atoms with E-state index in [4.69, 9.17) is 11.6 Å². The van der Waals surface area contributed by atoms with E-state index >= 15 is 0 Å². The van der Waals surface area contributed by atoms with Crippen molar-refractivity contribution in [2.75, 3.05) is 6.54 Å². The first-order chi connectivity index (χ1) is 9.34. The molecule has 112 valence electrons. The summed E-state index contributed by atoms with van der Waals surface area (Å²) >= 11 is 5.58. The summed E-state index contributed by atoms with van der Waals surface area (Å²) in [4.78, 5) is -0.496. The van der Waals surface area contributed by atoms with Gasteiger partial charge in [0.25, 0.3) is 0 Å². The van der Waals surface area contributed by atoms with Gasteiger partial charge in [-0.2, -0.15) is 0 Å². The molecule has 0 amide bonds. The Labute approximate surface area is 123 Å². The van der Waals surface area contributed by atoms with E-state index in [2.05, 4.69) is 4.72 Å². The minimum atomic E-state index is -4.02. The monoisotopic (exact) mass is 321 g/mol. The molecule has 7 heteroatoms. The van der Waals surface area contributed by atoms with E-state index in [1.165, 1.54) is 12.1 Å². The highest BCUT2D eigenvalue weighted by molar-refractivity contribution is 7.89. The Bertz CT molecular complexity index is 585. The van der Waals surface area contributed by atoms with Gasteiger partial charge in [-0.15, -0.1) is 0 Å². The van der Waals surface area contributed by atoms with Crippen LogP contribution in [-0.2, 0) is 10.0 Å². The fourth-order valence-corrected chi connectivity index (χ4v) is 3.83. The summed E-state index contributed by atoms with van der Waals surface area (Å²) in [5, 5.41) is 10.0. The topological polar surface area (TPSA) is 66.4 Å². The Hall–Kier alpha value is -0.690. The highest BCUT2D eigenvalue weighted by Gasteiger charge is 2.31. The molecule has 0 aromatic heterocycles. The van der Waals surface area contributed by atoms with E-state index < -0.39 is 26.3 Å². The van der Waals surface area contributed by atoms with Gasteiger partial charge in [0.1, 0.15) is 4.90 Å². The van der Waals surface area contributed by atoms with Crippen molar-refractivity contribution in [1.82, 2.24) is 4.72 Å². The highest BCUT2D eigenvalue weighted by atomic mass is 35.5. The van der Waals surface area contributed by atoms with Crippen LogP contribution in [0.2, 0.25) is 5.02 Å². The Morgan fingerprint density at radius 1 is 1.30 bits per heavy atom. The van der Waals surface area contributed by atoms with Crippen LogP contribution in [-0.4, -0.2) is 25.7 Å². The summed E-state index contributed by atoms with van der Waals surface area (Å²) in [7, 11) is -4.02. The molecule has 4 nitrogen and oxygen atoms in total. The number of hydrogen-bond acceptors (Lipinski definition) is 3. The van der Waals surface area contributed by atoms with Crippen LogP contribution in [0.1, 0.15) is 32.1 Å². The zero-order chi connectivity index (χ0) is 14.8. The van der Waals surface area contributed by atoms with Gasteiger partial charge in [-0.1, -0.05) is 36.9 Å². The molecule has 20 heavy (non-hydrogen) atoms. The SMILES string of the molecule is O=S(=O)(NCC1(O)CCCCC1)c1cccc(Cl)c1F. The van der Waals surface area contributed by atoms with Crippen molar-refractivity contribution in [3.63, 3.8) is 0 Å².